The molecule has 0 spiro atoms. The Balaban J connectivity index is 0.811. The van der Waals surface area contributed by atoms with E-state index < -0.39 is 20.0 Å². The number of anilines is 2. The minimum Gasteiger partial charge on any atom is -0.358 e. The van der Waals surface area contributed by atoms with Crippen molar-refractivity contribution in [2.45, 2.75) is 88.9 Å². The van der Waals surface area contributed by atoms with Gasteiger partial charge in [-0.1, -0.05) is 12.8 Å². The number of H-pyrrole nitrogens is 2. The first-order chi connectivity index (χ1) is 32.4. The monoisotopic (exact) mass is 967 g/mol. The zero-order valence-corrected chi connectivity index (χ0v) is 41.0. The Morgan fingerprint density at radius 2 is 1.00 bits per heavy atom. The van der Waals surface area contributed by atoms with Crippen molar-refractivity contribution >= 4 is 78.3 Å². The summed E-state index contributed by atoms with van der Waals surface area (Å²) in [5, 5.41) is 11.7. The van der Waals surface area contributed by atoms with Gasteiger partial charge in [-0.3, -0.25) is 19.2 Å². The maximum Gasteiger partial charge on any atom is 0.256 e. The Morgan fingerprint density at radius 3 is 1.38 bits per heavy atom. The van der Waals surface area contributed by atoms with E-state index in [0.29, 0.717) is 144 Å². The van der Waals surface area contributed by atoms with Gasteiger partial charge in [-0.05, 0) is 146 Å². The number of nitrogens with zero attached hydrogens (tertiary/aromatic N) is 3. The molecule has 6 heterocycles. The Hall–Kier alpha value is -5.86. The lowest BCUT2D eigenvalue weighted by Gasteiger charge is -2.26. The molecule has 0 atom stereocenters. The molecule has 4 aliphatic heterocycles. The van der Waals surface area contributed by atoms with Gasteiger partial charge in [0.15, 0.2) is 0 Å². The molecule has 2 aromatic carbocycles. The topological polar surface area (TPSA) is 226 Å². The van der Waals surface area contributed by atoms with Gasteiger partial charge in [0.05, 0.1) is 32.1 Å². The quantitative estimate of drug-likeness (QED) is 0.0590. The number of sulfonamides is 2. The Bertz CT molecular complexity index is 2760. The van der Waals surface area contributed by atoms with Crippen LogP contribution < -0.4 is 21.3 Å². The summed E-state index contributed by atoms with van der Waals surface area (Å²) < 4.78 is 56.7. The highest BCUT2D eigenvalue weighted by atomic mass is 32.2. The molecule has 19 heteroatoms. The molecule has 362 valence electrons. The van der Waals surface area contributed by atoms with Crippen molar-refractivity contribution in [1.29, 1.82) is 0 Å². The van der Waals surface area contributed by atoms with Crippen LogP contribution in [0.4, 0.5) is 11.4 Å². The molecule has 8 rings (SSSR count). The van der Waals surface area contributed by atoms with Crippen molar-refractivity contribution < 1.29 is 36.0 Å². The number of fused-ring (bicyclic) bond motifs is 2. The molecule has 0 aliphatic carbocycles. The van der Waals surface area contributed by atoms with E-state index in [4.69, 9.17) is 0 Å². The normalized spacial score (nSPS) is 18.0. The summed E-state index contributed by atoms with van der Waals surface area (Å²) in [6.45, 7) is 11.4. The second-order valence-electron chi connectivity index (χ2n) is 18.2. The van der Waals surface area contributed by atoms with Crippen LogP contribution in [-0.4, -0.2) is 123 Å². The molecule has 6 N–H and O–H groups in total. The van der Waals surface area contributed by atoms with Crippen molar-refractivity contribution in [3.63, 3.8) is 0 Å². The summed E-state index contributed by atoms with van der Waals surface area (Å²) in [5.41, 5.74) is 7.47. The Labute approximate surface area is 398 Å². The molecular weight excluding hydrogens is 907 g/mol. The van der Waals surface area contributed by atoms with Gasteiger partial charge in [0.1, 0.15) is 0 Å². The summed E-state index contributed by atoms with van der Waals surface area (Å²) in [6, 6.07) is 9.43. The SMILES string of the molecule is Cc1[nH]c(/C=C2\C(=O)Nc3ccc(S(=O)(=O)N4CCCCC4)cc32)c(C)c1C(=O)NCCCN(C)CCCNC(=O)c1c(C)[nH]c(/C=C2\C(=O)Nc3ccc(S(=O)(=O)N4CCCCC4)cc32)c1C. The van der Waals surface area contributed by atoms with E-state index in [2.05, 4.69) is 36.1 Å². The van der Waals surface area contributed by atoms with Crippen LogP contribution in [0.2, 0.25) is 0 Å². The molecule has 4 aliphatic rings. The Morgan fingerprint density at radius 1 is 0.618 bits per heavy atom. The number of aryl methyl sites for hydroxylation is 2. The van der Waals surface area contributed by atoms with E-state index in [1.54, 1.807) is 50.3 Å². The number of piperidine rings is 2. The standard InChI is InChI=1S/C49H61N9O8S2/c1-30-42(28-38-36-26-34(14-16-40(36)54-46(38)59)67(63,64)57-22-8-6-9-23-57)52-32(3)44(30)48(61)50-18-12-20-56(5)21-13-19-51-49(62)45-31(2)43(53-33(45)4)29-39-37-27-35(15-17-41(37)55-47(39)60)68(65,66)58-24-10-7-11-25-58/h14-17,26-29,52-53H,6-13,18-25H2,1-5H3,(H,50,61)(H,51,62)(H,54,59)(H,55,60)/b38-28-,39-29-. The molecule has 0 unspecified atom stereocenters. The minimum absolute atomic E-state index is 0.145. The molecule has 4 aromatic rings. The average Bonchev–Trinajstić information content (AvgIpc) is 4.00. The van der Waals surface area contributed by atoms with E-state index in [1.807, 2.05) is 20.9 Å². The van der Waals surface area contributed by atoms with Crippen LogP contribution in [0.3, 0.4) is 0 Å². The van der Waals surface area contributed by atoms with E-state index in [-0.39, 0.29) is 33.4 Å². The van der Waals surface area contributed by atoms with E-state index in [0.717, 1.165) is 38.5 Å². The molecule has 2 saturated heterocycles. The van der Waals surface area contributed by atoms with Crippen LogP contribution in [0.25, 0.3) is 23.3 Å². The van der Waals surface area contributed by atoms with Crippen molar-refractivity contribution in [3.8, 4) is 0 Å². The molecule has 0 radical (unpaired) electrons. The summed E-state index contributed by atoms with van der Waals surface area (Å²) in [7, 11) is -5.43. The largest absolute Gasteiger partial charge is 0.358 e. The van der Waals surface area contributed by atoms with Gasteiger partial charge in [-0.25, -0.2) is 16.8 Å². The smallest absolute Gasteiger partial charge is 0.256 e. The lowest BCUT2D eigenvalue weighted by molar-refractivity contribution is -0.111. The van der Waals surface area contributed by atoms with Crippen LogP contribution in [-0.2, 0) is 29.6 Å². The number of hydrogen-bond acceptors (Lipinski definition) is 9. The molecule has 68 heavy (non-hydrogen) atoms. The summed E-state index contributed by atoms with van der Waals surface area (Å²) in [6.07, 6.45) is 10.00. The molecule has 0 saturated carbocycles. The fourth-order valence-corrected chi connectivity index (χ4v) is 12.7. The number of aromatic nitrogens is 2. The summed E-state index contributed by atoms with van der Waals surface area (Å²) in [5.74, 6) is -1.18. The van der Waals surface area contributed by atoms with Crippen LogP contribution in [0.15, 0.2) is 46.2 Å². The first kappa shape index (κ1) is 48.6. The van der Waals surface area contributed by atoms with Crippen LogP contribution in [0.5, 0.6) is 0 Å². The van der Waals surface area contributed by atoms with Gasteiger partial charge in [0.2, 0.25) is 20.0 Å². The zero-order valence-electron chi connectivity index (χ0n) is 39.4. The van der Waals surface area contributed by atoms with Crippen LogP contribution in [0.1, 0.15) is 117 Å². The van der Waals surface area contributed by atoms with Gasteiger partial charge in [0, 0.05) is 84.5 Å². The van der Waals surface area contributed by atoms with Crippen molar-refractivity contribution in [1.82, 2.24) is 34.1 Å². The molecule has 17 nitrogen and oxygen atoms in total. The zero-order chi connectivity index (χ0) is 48.5. The number of amides is 4. The lowest BCUT2D eigenvalue weighted by Crippen LogP contribution is -2.35. The molecular formula is C49H61N9O8S2. The maximum atomic E-state index is 13.4. The van der Waals surface area contributed by atoms with Gasteiger partial charge < -0.3 is 36.1 Å². The third kappa shape index (κ3) is 9.85. The van der Waals surface area contributed by atoms with Gasteiger partial charge in [-0.15, -0.1) is 0 Å². The molecule has 0 bridgehead atoms. The first-order valence-electron chi connectivity index (χ1n) is 23.4. The lowest BCUT2D eigenvalue weighted by atomic mass is 10.0. The number of carbonyl (C=O) groups excluding carboxylic acids is 4. The summed E-state index contributed by atoms with van der Waals surface area (Å²) >= 11 is 0. The van der Waals surface area contributed by atoms with Crippen molar-refractivity contribution in [2.24, 2.45) is 0 Å². The number of nitrogens with one attached hydrogen (secondary N) is 6. The van der Waals surface area contributed by atoms with Crippen molar-refractivity contribution in [3.05, 3.63) is 92.6 Å². The number of carbonyl (C=O) groups is 4. The molecule has 4 amide bonds. The van der Waals surface area contributed by atoms with Crippen LogP contribution in [0, 0.1) is 27.7 Å². The highest BCUT2D eigenvalue weighted by Gasteiger charge is 2.33. The molecule has 2 fully saturated rings. The summed E-state index contributed by atoms with van der Waals surface area (Å²) in [4.78, 5) is 62.0. The predicted molar refractivity (Wildman–Crippen MR) is 263 cm³/mol. The fraction of sp³-hybridized carbons (Fsp3) is 0.429. The van der Waals surface area contributed by atoms with Gasteiger partial charge >= 0.3 is 0 Å². The van der Waals surface area contributed by atoms with Gasteiger partial charge in [0.25, 0.3) is 23.6 Å². The van der Waals surface area contributed by atoms with Gasteiger partial charge in [-0.2, -0.15) is 8.61 Å². The van der Waals surface area contributed by atoms with Crippen molar-refractivity contribution in [2.75, 3.05) is 70.0 Å². The second-order valence-corrected chi connectivity index (χ2v) is 22.1. The second kappa shape index (κ2) is 20.0. The van der Waals surface area contributed by atoms with E-state index in [1.165, 1.54) is 20.7 Å². The maximum absolute atomic E-state index is 13.4. The highest BCUT2D eigenvalue weighted by molar-refractivity contribution is 7.89. The number of rotatable bonds is 16. The number of hydrogen-bond donors (Lipinski definition) is 6. The number of benzene rings is 2. The first-order valence-corrected chi connectivity index (χ1v) is 26.3. The van der Waals surface area contributed by atoms with E-state index >= 15 is 0 Å². The van der Waals surface area contributed by atoms with Crippen LogP contribution >= 0.6 is 0 Å². The predicted octanol–water partition coefficient (Wildman–Crippen LogP) is 5.78. The van der Waals surface area contributed by atoms with E-state index in [9.17, 15) is 36.0 Å². The average molecular weight is 968 g/mol. The number of aromatic amines is 2. The molecule has 2 aromatic heterocycles. The third-order valence-corrected chi connectivity index (χ3v) is 17.2. The fourth-order valence-electron chi connectivity index (χ4n) is 9.65. The highest BCUT2D eigenvalue weighted by Crippen LogP contribution is 2.38. The third-order valence-electron chi connectivity index (χ3n) is 13.4. The minimum atomic E-state index is -3.71. The Kier molecular flexibility index (Phi) is 14.3.